The zero-order chi connectivity index (χ0) is 18.1. The van der Waals surface area contributed by atoms with Gasteiger partial charge in [0.05, 0.1) is 0 Å². The SMILES string of the molecule is CCCCCCCCCCC1(CCCCCCCCCC)CSSC1. The maximum Gasteiger partial charge on any atom is 0.0102 e. The highest BCUT2D eigenvalue weighted by Crippen LogP contribution is 2.49. The minimum Gasteiger partial charge on any atom is -0.0935 e. The van der Waals surface area contributed by atoms with Crippen LogP contribution in [0, 0.1) is 5.41 Å². The lowest BCUT2D eigenvalue weighted by atomic mass is 9.81. The van der Waals surface area contributed by atoms with Gasteiger partial charge >= 0.3 is 0 Å². The highest BCUT2D eigenvalue weighted by molar-refractivity contribution is 8.77. The minimum atomic E-state index is 0.708. The van der Waals surface area contributed by atoms with E-state index in [1.165, 1.54) is 127 Å². The van der Waals surface area contributed by atoms with Crippen LogP contribution in [-0.2, 0) is 0 Å². The van der Waals surface area contributed by atoms with Crippen molar-refractivity contribution in [3.05, 3.63) is 0 Å². The quantitative estimate of drug-likeness (QED) is 0.170. The molecule has 0 aromatic heterocycles. The second kappa shape index (κ2) is 16.8. The molecule has 150 valence electrons. The van der Waals surface area contributed by atoms with Crippen LogP contribution in [0.15, 0.2) is 0 Å². The summed E-state index contributed by atoms with van der Waals surface area (Å²) < 4.78 is 0. The van der Waals surface area contributed by atoms with E-state index in [1.54, 1.807) is 0 Å². The molecule has 1 aliphatic heterocycles. The molecule has 0 aromatic rings. The average Bonchev–Trinajstić information content (AvgIpc) is 3.09. The van der Waals surface area contributed by atoms with Crippen molar-refractivity contribution in [2.75, 3.05) is 11.5 Å². The molecule has 1 fully saturated rings. The summed E-state index contributed by atoms with van der Waals surface area (Å²) in [5, 5.41) is 0. The third-order valence-electron chi connectivity index (χ3n) is 5.93. The van der Waals surface area contributed by atoms with Gasteiger partial charge in [-0.25, -0.2) is 0 Å². The molecule has 0 unspecified atom stereocenters. The fraction of sp³-hybridized carbons (Fsp3) is 1.00. The molecule has 1 saturated heterocycles. The summed E-state index contributed by atoms with van der Waals surface area (Å²) in [5.41, 5.74) is 0.708. The third-order valence-corrected chi connectivity index (χ3v) is 8.77. The topological polar surface area (TPSA) is 0 Å². The molecule has 25 heavy (non-hydrogen) atoms. The molecule has 0 atom stereocenters. The summed E-state index contributed by atoms with van der Waals surface area (Å²) in [6, 6.07) is 0. The first-order chi connectivity index (χ1) is 12.3. The number of unbranched alkanes of at least 4 members (excludes halogenated alkanes) is 14. The van der Waals surface area contributed by atoms with Gasteiger partial charge in [-0.05, 0) is 18.3 Å². The number of hydrogen-bond donors (Lipinski definition) is 0. The second-order valence-corrected chi connectivity index (χ2v) is 10.9. The van der Waals surface area contributed by atoms with Crippen molar-refractivity contribution in [3.8, 4) is 0 Å². The predicted octanol–water partition coefficient (Wildman–Crippen LogP) is 9.43. The van der Waals surface area contributed by atoms with Gasteiger partial charge in [-0.1, -0.05) is 138 Å². The van der Waals surface area contributed by atoms with E-state index in [0.29, 0.717) is 5.41 Å². The van der Waals surface area contributed by atoms with Gasteiger partial charge in [0, 0.05) is 11.5 Å². The average molecular weight is 387 g/mol. The number of hydrogen-bond acceptors (Lipinski definition) is 2. The van der Waals surface area contributed by atoms with E-state index in [-0.39, 0.29) is 0 Å². The molecule has 0 bridgehead atoms. The Bertz CT molecular complexity index is 249. The monoisotopic (exact) mass is 386 g/mol. The molecule has 0 aromatic carbocycles. The van der Waals surface area contributed by atoms with E-state index < -0.39 is 0 Å². The van der Waals surface area contributed by atoms with Gasteiger partial charge in [-0.2, -0.15) is 0 Å². The Labute approximate surface area is 167 Å². The van der Waals surface area contributed by atoms with Crippen LogP contribution in [0.3, 0.4) is 0 Å². The lowest BCUT2D eigenvalue weighted by molar-refractivity contribution is 0.300. The van der Waals surface area contributed by atoms with Crippen LogP contribution in [-0.4, -0.2) is 11.5 Å². The van der Waals surface area contributed by atoms with Crippen molar-refractivity contribution in [3.63, 3.8) is 0 Å². The molecule has 0 saturated carbocycles. The van der Waals surface area contributed by atoms with E-state index in [2.05, 4.69) is 35.4 Å². The van der Waals surface area contributed by atoms with Gasteiger partial charge in [-0.3, -0.25) is 0 Å². The molecule has 1 heterocycles. The van der Waals surface area contributed by atoms with Gasteiger partial charge in [0.2, 0.25) is 0 Å². The van der Waals surface area contributed by atoms with Gasteiger partial charge in [0.1, 0.15) is 0 Å². The normalized spacial score (nSPS) is 16.6. The molecule has 0 spiro atoms. The zero-order valence-electron chi connectivity index (χ0n) is 17.5. The maximum atomic E-state index is 2.31. The van der Waals surface area contributed by atoms with Crippen LogP contribution in [0.2, 0.25) is 0 Å². The summed E-state index contributed by atoms with van der Waals surface area (Å²) in [4.78, 5) is 0. The van der Waals surface area contributed by atoms with Crippen molar-refractivity contribution < 1.29 is 0 Å². The highest BCUT2D eigenvalue weighted by atomic mass is 33.1. The fourth-order valence-corrected chi connectivity index (χ4v) is 7.63. The third kappa shape index (κ3) is 12.7. The molecule has 2 heteroatoms. The molecule has 0 N–H and O–H groups in total. The standard InChI is InChI=1S/C23H46S2/c1-3-5-7-9-11-13-15-17-19-23(21-24-25-22-23)20-18-16-14-12-10-8-6-4-2/h3-22H2,1-2H3. The van der Waals surface area contributed by atoms with E-state index >= 15 is 0 Å². The van der Waals surface area contributed by atoms with Crippen molar-refractivity contribution in [2.24, 2.45) is 5.41 Å². The molecule has 0 radical (unpaired) electrons. The van der Waals surface area contributed by atoms with Crippen LogP contribution < -0.4 is 0 Å². The van der Waals surface area contributed by atoms with Gasteiger partial charge in [-0.15, -0.1) is 0 Å². The molecule has 1 rings (SSSR count). The van der Waals surface area contributed by atoms with Gasteiger partial charge in [0.15, 0.2) is 0 Å². The Morgan fingerprint density at radius 2 is 0.800 bits per heavy atom. The Morgan fingerprint density at radius 3 is 1.16 bits per heavy atom. The highest BCUT2D eigenvalue weighted by Gasteiger charge is 2.33. The summed E-state index contributed by atoms with van der Waals surface area (Å²) >= 11 is 0. The predicted molar refractivity (Wildman–Crippen MR) is 122 cm³/mol. The molecular weight excluding hydrogens is 340 g/mol. The minimum absolute atomic E-state index is 0.708. The van der Waals surface area contributed by atoms with Crippen molar-refractivity contribution in [2.45, 2.75) is 129 Å². The van der Waals surface area contributed by atoms with Gasteiger partial charge in [0.25, 0.3) is 0 Å². The van der Waals surface area contributed by atoms with Crippen LogP contribution in [0.5, 0.6) is 0 Å². The summed E-state index contributed by atoms with van der Waals surface area (Å²) in [6.07, 6.45) is 26.4. The Kier molecular flexibility index (Phi) is 16.0. The van der Waals surface area contributed by atoms with E-state index in [9.17, 15) is 0 Å². The smallest absolute Gasteiger partial charge is 0.0102 e. The maximum absolute atomic E-state index is 2.31. The van der Waals surface area contributed by atoms with E-state index in [4.69, 9.17) is 0 Å². The van der Waals surface area contributed by atoms with Crippen molar-refractivity contribution in [1.29, 1.82) is 0 Å². The van der Waals surface area contributed by atoms with Crippen molar-refractivity contribution >= 4 is 21.6 Å². The molecular formula is C23H46S2. The Morgan fingerprint density at radius 1 is 0.480 bits per heavy atom. The second-order valence-electron chi connectivity index (χ2n) is 8.47. The van der Waals surface area contributed by atoms with E-state index in [0.717, 1.165) is 0 Å². The van der Waals surface area contributed by atoms with Crippen molar-refractivity contribution in [1.82, 2.24) is 0 Å². The first-order valence-corrected chi connectivity index (χ1v) is 14.1. The molecule has 0 amide bonds. The summed E-state index contributed by atoms with van der Waals surface area (Å²) in [5.74, 6) is 2.87. The van der Waals surface area contributed by atoms with Crippen LogP contribution in [0.1, 0.15) is 129 Å². The summed E-state index contributed by atoms with van der Waals surface area (Å²) in [6.45, 7) is 4.62. The van der Waals surface area contributed by atoms with Crippen LogP contribution >= 0.6 is 21.6 Å². The molecule has 1 aliphatic rings. The Balaban J connectivity index is 2.01. The first kappa shape index (κ1) is 23.7. The van der Waals surface area contributed by atoms with Crippen LogP contribution in [0.25, 0.3) is 0 Å². The lowest BCUT2D eigenvalue weighted by Gasteiger charge is -2.27. The lowest BCUT2D eigenvalue weighted by Crippen LogP contribution is -2.23. The zero-order valence-corrected chi connectivity index (χ0v) is 19.1. The largest absolute Gasteiger partial charge is 0.0935 e. The van der Waals surface area contributed by atoms with Crippen LogP contribution in [0.4, 0.5) is 0 Å². The van der Waals surface area contributed by atoms with Gasteiger partial charge < -0.3 is 0 Å². The fourth-order valence-electron chi connectivity index (χ4n) is 4.06. The number of rotatable bonds is 18. The van der Waals surface area contributed by atoms with E-state index in [1.807, 2.05) is 0 Å². The molecule has 0 aliphatic carbocycles. The summed E-state index contributed by atoms with van der Waals surface area (Å²) in [7, 11) is 4.30. The molecule has 0 nitrogen and oxygen atoms in total. The Hall–Kier alpha value is 0.700. The first-order valence-electron chi connectivity index (χ1n) is 11.6.